The van der Waals surface area contributed by atoms with Crippen molar-refractivity contribution in [3.05, 3.63) is 12.7 Å². The van der Waals surface area contributed by atoms with Gasteiger partial charge in [-0.2, -0.15) is 0 Å². The van der Waals surface area contributed by atoms with E-state index in [2.05, 4.69) is 11.9 Å². The number of hydrogen-bond donors (Lipinski definition) is 1. The van der Waals surface area contributed by atoms with E-state index >= 15 is 0 Å². The van der Waals surface area contributed by atoms with E-state index in [-0.39, 0.29) is 11.9 Å². The second-order valence-corrected chi connectivity index (χ2v) is 6.32. The number of amides is 1. The molecule has 118 valence electrons. The standard InChI is InChI=1S/C16H25NO4/c1-4-7-12-10-16(12,2)21-15(19)17-13(14(18)20-3)11-8-5-6-9-11/h4,11-13H,1,5-10H2,2-3H3,(H,17,19)/t12-,13+,16-/m1/s1. The van der Waals surface area contributed by atoms with Crippen molar-refractivity contribution in [1.29, 1.82) is 0 Å². The van der Waals surface area contributed by atoms with Crippen molar-refractivity contribution < 1.29 is 19.1 Å². The number of carbonyl (C=O) groups is 2. The molecule has 2 saturated carbocycles. The fraction of sp³-hybridized carbons (Fsp3) is 0.750. The van der Waals surface area contributed by atoms with Gasteiger partial charge in [-0.25, -0.2) is 9.59 Å². The minimum Gasteiger partial charge on any atom is -0.467 e. The zero-order valence-electron chi connectivity index (χ0n) is 12.9. The van der Waals surface area contributed by atoms with Gasteiger partial charge in [0.2, 0.25) is 0 Å². The second-order valence-electron chi connectivity index (χ2n) is 6.32. The molecule has 0 bridgehead atoms. The van der Waals surface area contributed by atoms with Crippen LogP contribution in [0.2, 0.25) is 0 Å². The van der Waals surface area contributed by atoms with Crippen LogP contribution in [0, 0.1) is 11.8 Å². The van der Waals surface area contributed by atoms with E-state index in [0.717, 1.165) is 38.5 Å². The Bertz CT molecular complexity index is 417. The van der Waals surface area contributed by atoms with Crippen LogP contribution in [0.3, 0.4) is 0 Å². The molecule has 0 radical (unpaired) electrons. The molecule has 1 amide bonds. The van der Waals surface area contributed by atoms with E-state index in [1.807, 2.05) is 13.0 Å². The van der Waals surface area contributed by atoms with Gasteiger partial charge < -0.3 is 14.8 Å². The normalized spacial score (nSPS) is 29.5. The molecule has 5 nitrogen and oxygen atoms in total. The van der Waals surface area contributed by atoms with E-state index in [0.29, 0.717) is 5.92 Å². The molecule has 0 heterocycles. The third-order valence-corrected chi connectivity index (χ3v) is 4.73. The molecule has 0 unspecified atom stereocenters. The zero-order chi connectivity index (χ0) is 15.5. The molecule has 0 aromatic rings. The molecule has 0 spiro atoms. The van der Waals surface area contributed by atoms with Gasteiger partial charge >= 0.3 is 12.1 Å². The predicted molar refractivity (Wildman–Crippen MR) is 78.7 cm³/mol. The van der Waals surface area contributed by atoms with E-state index in [4.69, 9.17) is 9.47 Å². The van der Waals surface area contributed by atoms with Crippen LogP contribution in [0.15, 0.2) is 12.7 Å². The van der Waals surface area contributed by atoms with Gasteiger partial charge in [0.05, 0.1) is 7.11 Å². The SMILES string of the molecule is C=CC[C@@H]1C[C@@]1(C)OC(=O)N[C@H](C(=O)OC)C1CCCC1. The first-order chi connectivity index (χ1) is 10.00. The molecule has 2 aliphatic carbocycles. The van der Waals surface area contributed by atoms with Crippen molar-refractivity contribution in [2.45, 2.75) is 57.1 Å². The number of methoxy groups -OCH3 is 1. The highest BCUT2D eigenvalue weighted by Gasteiger charge is 2.53. The average molecular weight is 295 g/mol. The van der Waals surface area contributed by atoms with Crippen LogP contribution in [0.4, 0.5) is 4.79 Å². The fourth-order valence-electron chi connectivity index (χ4n) is 3.24. The Morgan fingerprint density at radius 1 is 1.43 bits per heavy atom. The highest BCUT2D eigenvalue weighted by atomic mass is 16.6. The summed E-state index contributed by atoms with van der Waals surface area (Å²) in [5, 5.41) is 2.71. The summed E-state index contributed by atoms with van der Waals surface area (Å²) < 4.78 is 10.3. The lowest BCUT2D eigenvalue weighted by atomic mass is 9.98. The van der Waals surface area contributed by atoms with Gasteiger partial charge in [0, 0.05) is 5.92 Å². The third-order valence-electron chi connectivity index (χ3n) is 4.73. The Kier molecular flexibility index (Phi) is 4.91. The van der Waals surface area contributed by atoms with Gasteiger partial charge in [-0.3, -0.25) is 0 Å². The molecule has 3 atom stereocenters. The summed E-state index contributed by atoms with van der Waals surface area (Å²) in [6, 6.07) is -0.592. The van der Waals surface area contributed by atoms with Crippen LogP contribution in [0.1, 0.15) is 45.4 Å². The van der Waals surface area contributed by atoms with Crippen molar-refractivity contribution in [1.82, 2.24) is 5.32 Å². The summed E-state index contributed by atoms with van der Waals surface area (Å²) in [7, 11) is 1.35. The fourth-order valence-corrected chi connectivity index (χ4v) is 3.24. The Morgan fingerprint density at radius 2 is 2.10 bits per heavy atom. The van der Waals surface area contributed by atoms with Crippen LogP contribution in [0.5, 0.6) is 0 Å². The topological polar surface area (TPSA) is 64.6 Å². The second kappa shape index (κ2) is 6.50. The smallest absolute Gasteiger partial charge is 0.408 e. The van der Waals surface area contributed by atoms with Crippen molar-refractivity contribution in [3.8, 4) is 0 Å². The molecule has 0 saturated heterocycles. The first-order valence-electron chi connectivity index (χ1n) is 7.68. The number of nitrogens with one attached hydrogen (secondary N) is 1. The summed E-state index contributed by atoms with van der Waals surface area (Å²) in [4.78, 5) is 23.9. The van der Waals surface area contributed by atoms with Gasteiger partial charge in [0.1, 0.15) is 11.6 Å². The number of allylic oxidation sites excluding steroid dienone is 1. The molecule has 21 heavy (non-hydrogen) atoms. The summed E-state index contributed by atoms with van der Waals surface area (Å²) in [5.74, 6) is 0.104. The molecular weight excluding hydrogens is 270 g/mol. The van der Waals surface area contributed by atoms with Crippen LogP contribution in [-0.2, 0) is 14.3 Å². The van der Waals surface area contributed by atoms with Crippen LogP contribution in [-0.4, -0.2) is 30.8 Å². The highest BCUT2D eigenvalue weighted by molar-refractivity contribution is 5.81. The van der Waals surface area contributed by atoms with E-state index in [1.165, 1.54) is 7.11 Å². The van der Waals surface area contributed by atoms with Crippen LogP contribution >= 0.6 is 0 Å². The van der Waals surface area contributed by atoms with Crippen molar-refractivity contribution in [2.75, 3.05) is 7.11 Å². The Labute approximate surface area is 126 Å². The summed E-state index contributed by atoms with van der Waals surface area (Å²) in [5.41, 5.74) is -0.422. The minimum atomic E-state index is -0.592. The number of hydrogen-bond acceptors (Lipinski definition) is 4. The van der Waals surface area contributed by atoms with E-state index in [9.17, 15) is 9.59 Å². The molecule has 5 heteroatoms. The quantitative estimate of drug-likeness (QED) is 0.604. The van der Waals surface area contributed by atoms with Gasteiger partial charge in [-0.15, -0.1) is 6.58 Å². The van der Waals surface area contributed by atoms with Gasteiger partial charge in [-0.1, -0.05) is 18.9 Å². The minimum absolute atomic E-state index is 0.154. The number of alkyl carbamates (subject to hydrolysis) is 1. The van der Waals surface area contributed by atoms with E-state index in [1.54, 1.807) is 0 Å². The van der Waals surface area contributed by atoms with Crippen LogP contribution < -0.4 is 5.32 Å². The maximum atomic E-state index is 12.1. The van der Waals surface area contributed by atoms with Crippen molar-refractivity contribution >= 4 is 12.1 Å². The number of rotatable bonds is 6. The maximum absolute atomic E-state index is 12.1. The number of carbonyl (C=O) groups excluding carboxylic acids is 2. The Hall–Kier alpha value is -1.52. The molecule has 2 fully saturated rings. The predicted octanol–water partition coefficient (Wildman–Crippen LogP) is 2.80. The van der Waals surface area contributed by atoms with Crippen LogP contribution in [0.25, 0.3) is 0 Å². The first kappa shape index (κ1) is 15.9. The summed E-state index contributed by atoms with van der Waals surface area (Å²) >= 11 is 0. The molecule has 0 aromatic heterocycles. The average Bonchev–Trinajstić information content (AvgIpc) is 2.88. The highest BCUT2D eigenvalue weighted by Crippen LogP contribution is 2.48. The lowest BCUT2D eigenvalue weighted by Crippen LogP contribution is -2.47. The monoisotopic (exact) mass is 295 g/mol. The number of esters is 1. The zero-order valence-corrected chi connectivity index (χ0v) is 12.9. The van der Waals surface area contributed by atoms with Gasteiger partial charge in [0.25, 0.3) is 0 Å². The summed E-state index contributed by atoms with van der Waals surface area (Å²) in [6.45, 7) is 5.62. The van der Waals surface area contributed by atoms with Crippen molar-refractivity contribution in [2.24, 2.45) is 11.8 Å². The summed E-state index contributed by atoms with van der Waals surface area (Å²) in [6.07, 6.45) is 7.07. The number of ether oxygens (including phenoxy) is 2. The molecule has 2 aliphatic rings. The maximum Gasteiger partial charge on any atom is 0.408 e. The largest absolute Gasteiger partial charge is 0.467 e. The first-order valence-corrected chi connectivity index (χ1v) is 7.68. The molecular formula is C16H25NO4. The van der Waals surface area contributed by atoms with Gasteiger partial charge in [0.15, 0.2) is 0 Å². The molecule has 1 N–H and O–H groups in total. The Balaban J connectivity index is 1.89. The van der Waals surface area contributed by atoms with E-state index < -0.39 is 17.7 Å². The lowest BCUT2D eigenvalue weighted by molar-refractivity contribution is -0.144. The van der Waals surface area contributed by atoms with Gasteiger partial charge in [-0.05, 0) is 38.5 Å². The Morgan fingerprint density at radius 3 is 2.67 bits per heavy atom. The molecule has 0 aliphatic heterocycles. The molecule has 0 aromatic carbocycles. The van der Waals surface area contributed by atoms with Crippen molar-refractivity contribution in [3.63, 3.8) is 0 Å². The third kappa shape index (κ3) is 3.77. The molecule has 2 rings (SSSR count). The lowest BCUT2D eigenvalue weighted by Gasteiger charge is -2.23.